The standard InChI is InChI=1S/C64H80N4O4S2/c1-7-11-15-19-21-25-41-71-49-31-27-29-47(43-49)58-59(48-30-28-32-50(44-48)72-42-26-22-20-16-12-8-2)66-60-51(35-33-45(5)57(60)65-58)52-37-38-54(74-52)62-56-55(63(69)68(62)40-24-18-14-10-4)61(53-36-34-46(6)73-53)67(64(56)70)39-23-17-13-9-3/h27-38,43-44H,7-26,39-42H2,1-6H3. The summed E-state index contributed by atoms with van der Waals surface area (Å²) >= 11 is 3.28. The van der Waals surface area contributed by atoms with E-state index in [9.17, 15) is 0 Å². The highest BCUT2D eigenvalue weighted by Gasteiger charge is 2.49. The van der Waals surface area contributed by atoms with Gasteiger partial charge in [0.1, 0.15) is 11.5 Å². The van der Waals surface area contributed by atoms with E-state index in [-0.39, 0.29) is 11.8 Å². The van der Waals surface area contributed by atoms with E-state index in [1.165, 1.54) is 57.8 Å². The lowest BCUT2D eigenvalue weighted by Crippen LogP contribution is -2.30. The van der Waals surface area contributed by atoms with Crippen molar-refractivity contribution < 1.29 is 19.1 Å². The van der Waals surface area contributed by atoms with Crippen molar-refractivity contribution in [3.05, 3.63) is 116 Å². The SMILES string of the molecule is CCCCCCCCOc1cccc(-c2nc3c(C)ccc(-c4ccc(C5=C6C(=O)N(CCCCCC)C(c7ccc(C)s7)=C6C(=O)N5CCCCCC)s4)c3nc2-c2cccc(OCCCCCCCC)c2)c1. The molecule has 8 nitrogen and oxygen atoms in total. The maximum Gasteiger partial charge on any atom is 0.261 e. The summed E-state index contributed by atoms with van der Waals surface area (Å²) < 4.78 is 12.8. The van der Waals surface area contributed by atoms with Crippen LogP contribution in [0.1, 0.15) is 176 Å². The average molecular weight is 1030 g/mol. The Balaban J connectivity index is 1.20. The number of unbranched alkanes of at least 4 members (excludes halogenated alkanes) is 16. The van der Waals surface area contributed by atoms with Crippen molar-refractivity contribution in [2.45, 2.75) is 170 Å². The van der Waals surface area contributed by atoms with Gasteiger partial charge < -0.3 is 19.3 Å². The van der Waals surface area contributed by atoms with Crippen molar-refractivity contribution in [3.8, 4) is 44.5 Å². The quantitative estimate of drug-likeness (QED) is 0.0403. The summed E-state index contributed by atoms with van der Waals surface area (Å²) in [5, 5.41) is 0. The van der Waals surface area contributed by atoms with Crippen LogP contribution < -0.4 is 9.47 Å². The number of aryl methyl sites for hydroxylation is 2. The molecule has 5 heterocycles. The summed E-state index contributed by atoms with van der Waals surface area (Å²) in [5.74, 6) is 1.52. The van der Waals surface area contributed by atoms with Crippen molar-refractivity contribution in [1.82, 2.24) is 19.8 Å². The first-order chi connectivity index (χ1) is 36.3. The Bertz CT molecular complexity index is 2910. The van der Waals surface area contributed by atoms with E-state index in [4.69, 9.17) is 19.4 Å². The third kappa shape index (κ3) is 13.1. The Morgan fingerprint density at radius 1 is 0.459 bits per heavy atom. The van der Waals surface area contributed by atoms with Crippen LogP contribution in [-0.4, -0.2) is 57.9 Å². The van der Waals surface area contributed by atoms with Gasteiger partial charge >= 0.3 is 0 Å². The highest BCUT2D eigenvalue weighted by Crippen LogP contribution is 2.50. The van der Waals surface area contributed by atoms with Crippen LogP contribution in [0.15, 0.2) is 96.1 Å². The molecule has 0 spiro atoms. The van der Waals surface area contributed by atoms with Gasteiger partial charge in [-0.2, -0.15) is 0 Å². The lowest BCUT2D eigenvalue weighted by molar-refractivity contribution is -0.124. The fourth-order valence-electron chi connectivity index (χ4n) is 10.4. The van der Waals surface area contributed by atoms with Gasteiger partial charge in [0.2, 0.25) is 0 Å². The molecule has 2 aliphatic heterocycles. The lowest BCUT2D eigenvalue weighted by atomic mass is 10.0. The molecule has 0 N–H and O–H groups in total. The predicted octanol–water partition coefficient (Wildman–Crippen LogP) is 17.8. The van der Waals surface area contributed by atoms with Gasteiger partial charge in [-0.15, -0.1) is 22.7 Å². The van der Waals surface area contributed by atoms with Gasteiger partial charge in [0.25, 0.3) is 11.8 Å². The summed E-state index contributed by atoms with van der Waals surface area (Å²) in [6.07, 6.45) is 22.7. The summed E-state index contributed by atoms with van der Waals surface area (Å²) in [6.45, 7) is 15.6. The number of thiophene rings is 2. The van der Waals surface area contributed by atoms with Crippen LogP contribution in [-0.2, 0) is 9.59 Å². The molecule has 0 atom stereocenters. The first-order valence-corrected chi connectivity index (χ1v) is 30.0. The molecule has 10 heteroatoms. The molecule has 3 aromatic carbocycles. The molecule has 6 aromatic rings. The number of aromatic nitrogens is 2. The summed E-state index contributed by atoms with van der Waals surface area (Å²) in [6, 6.07) is 29.3. The number of rotatable bonds is 31. The van der Waals surface area contributed by atoms with E-state index in [1.54, 1.807) is 22.7 Å². The van der Waals surface area contributed by atoms with E-state index in [2.05, 4.69) is 114 Å². The number of ether oxygens (including phenoxy) is 2. The summed E-state index contributed by atoms with van der Waals surface area (Å²) in [4.78, 5) is 49.1. The number of benzene rings is 3. The van der Waals surface area contributed by atoms with E-state index in [0.717, 1.165) is 158 Å². The maximum atomic E-state index is 15.0. The molecule has 3 aromatic heterocycles. The highest BCUT2D eigenvalue weighted by atomic mass is 32.1. The van der Waals surface area contributed by atoms with Gasteiger partial charge in [-0.1, -0.05) is 167 Å². The number of carbonyl (C=O) groups is 2. The highest BCUT2D eigenvalue weighted by molar-refractivity contribution is 7.16. The van der Waals surface area contributed by atoms with E-state index < -0.39 is 0 Å². The first-order valence-electron chi connectivity index (χ1n) is 28.3. The minimum Gasteiger partial charge on any atom is -0.494 e. The number of fused-ring (bicyclic) bond motifs is 2. The number of hydrogen-bond donors (Lipinski definition) is 0. The van der Waals surface area contributed by atoms with Crippen LogP contribution in [0.3, 0.4) is 0 Å². The Morgan fingerprint density at radius 3 is 1.41 bits per heavy atom. The van der Waals surface area contributed by atoms with Crippen molar-refractivity contribution >= 4 is 56.9 Å². The van der Waals surface area contributed by atoms with Gasteiger partial charge in [0, 0.05) is 39.5 Å². The molecule has 8 rings (SSSR count). The molecule has 0 saturated heterocycles. The Kier molecular flexibility index (Phi) is 20.2. The molecule has 2 amide bonds. The smallest absolute Gasteiger partial charge is 0.261 e. The van der Waals surface area contributed by atoms with E-state index in [0.29, 0.717) is 37.4 Å². The number of hydrogen-bond acceptors (Lipinski definition) is 8. The maximum absolute atomic E-state index is 15.0. The molecule has 0 bridgehead atoms. The molecule has 392 valence electrons. The zero-order chi connectivity index (χ0) is 51.8. The van der Waals surface area contributed by atoms with Crippen LogP contribution >= 0.6 is 22.7 Å². The zero-order valence-electron chi connectivity index (χ0n) is 45.3. The van der Waals surface area contributed by atoms with Crippen LogP contribution in [0.4, 0.5) is 0 Å². The molecule has 2 aliphatic rings. The number of nitrogens with zero attached hydrogens (tertiary/aromatic N) is 4. The molecule has 0 saturated carbocycles. The molecule has 74 heavy (non-hydrogen) atoms. The van der Waals surface area contributed by atoms with Crippen LogP contribution in [0.25, 0.3) is 55.4 Å². The molecular formula is C64H80N4O4S2. The third-order valence-corrected chi connectivity index (χ3v) is 16.6. The summed E-state index contributed by atoms with van der Waals surface area (Å²) in [7, 11) is 0. The van der Waals surface area contributed by atoms with Crippen molar-refractivity contribution in [2.75, 3.05) is 26.3 Å². The Hall–Kier alpha value is -5.58. The molecule has 0 aliphatic carbocycles. The first kappa shape index (κ1) is 54.7. The van der Waals surface area contributed by atoms with Crippen LogP contribution in [0, 0.1) is 13.8 Å². The summed E-state index contributed by atoms with van der Waals surface area (Å²) in [5.41, 5.74) is 9.67. The van der Waals surface area contributed by atoms with Gasteiger partial charge in [0.15, 0.2) is 0 Å². The fourth-order valence-corrected chi connectivity index (χ4v) is 12.4. The van der Waals surface area contributed by atoms with Crippen molar-refractivity contribution in [2.24, 2.45) is 0 Å². The minimum absolute atomic E-state index is 0.0641. The molecule has 0 fully saturated rings. The normalized spacial score (nSPS) is 13.6. The van der Waals surface area contributed by atoms with E-state index >= 15 is 9.59 Å². The Labute approximate surface area is 450 Å². The van der Waals surface area contributed by atoms with Crippen LogP contribution in [0.5, 0.6) is 11.5 Å². The average Bonchev–Trinajstić information content (AvgIpc) is 4.22. The predicted molar refractivity (Wildman–Crippen MR) is 311 cm³/mol. The molecular weight excluding hydrogens is 953 g/mol. The number of amides is 2. The monoisotopic (exact) mass is 1030 g/mol. The van der Waals surface area contributed by atoms with Gasteiger partial charge in [-0.3, -0.25) is 9.59 Å². The van der Waals surface area contributed by atoms with Gasteiger partial charge in [-0.25, -0.2) is 9.97 Å². The second-order valence-corrected chi connectivity index (χ2v) is 22.8. The van der Waals surface area contributed by atoms with Crippen molar-refractivity contribution in [1.29, 1.82) is 0 Å². The largest absolute Gasteiger partial charge is 0.494 e. The van der Waals surface area contributed by atoms with Crippen molar-refractivity contribution in [3.63, 3.8) is 0 Å². The van der Waals surface area contributed by atoms with Gasteiger partial charge in [0.05, 0.1) is 67.9 Å². The van der Waals surface area contributed by atoms with Crippen LogP contribution in [0.2, 0.25) is 0 Å². The Morgan fingerprint density at radius 2 is 0.905 bits per heavy atom. The third-order valence-electron chi connectivity index (χ3n) is 14.5. The molecule has 0 unspecified atom stereocenters. The fraction of sp³-hybridized carbons (Fsp3) is 0.469. The zero-order valence-corrected chi connectivity index (χ0v) is 46.9. The second-order valence-electron chi connectivity index (χ2n) is 20.4. The minimum atomic E-state index is -0.0641. The second kappa shape index (κ2) is 27.3. The molecule has 0 radical (unpaired) electrons. The van der Waals surface area contributed by atoms with E-state index in [1.807, 2.05) is 21.9 Å². The number of carbonyl (C=O) groups excluding carboxylic acids is 2. The topological polar surface area (TPSA) is 84.9 Å². The lowest BCUT2D eigenvalue weighted by Gasteiger charge is -2.24. The van der Waals surface area contributed by atoms with Gasteiger partial charge in [-0.05, 0) is 93.6 Å².